The zero-order valence-electron chi connectivity index (χ0n) is 12.7. The van der Waals surface area contributed by atoms with Crippen molar-refractivity contribution in [2.24, 2.45) is 11.7 Å². The topological polar surface area (TPSA) is 58.4 Å². The predicted molar refractivity (Wildman–Crippen MR) is 87.6 cm³/mol. The first-order valence-electron chi connectivity index (χ1n) is 7.47. The number of hydrogen-bond acceptors (Lipinski definition) is 3. The van der Waals surface area contributed by atoms with Gasteiger partial charge in [0.25, 0.3) is 0 Å². The van der Waals surface area contributed by atoms with Crippen LogP contribution in [0.15, 0.2) is 18.2 Å². The molecule has 21 heavy (non-hydrogen) atoms. The molecule has 0 saturated heterocycles. The molecule has 116 valence electrons. The van der Waals surface area contributed by atoms with Gasteiger partial charge in [-0.05, 0) is 57.0 Å². The van der Waals surface area contributed by atoms with E-state index in [0.717, 1.165) is 17.7 Å². The van der Waals surface area contributed by atoms with Gasteiger partial charge in [0.05, 0.1) is 6.54 Å². The molecule has 2 unspecified atom stereocenters. The van der Waals surface area contributed by atoms with Gasteiger partial charge in [-0.25, -0.2) is 0 Å². The van der Waals surface area contributed by atoms with Crippen LogP contribution in [-0.4, -0.2) is 37.0 Å². The van der Waals surface area contributed by atoms with Crippen LogP contribution in [0.2, 0.25) is 5.02 Å². The van der Waals surface area contributed by atoms with Crippen LogP contribution in [0.5, 0.6) is 0 Å². The Balaban J connectivity index is 1.90. The third kappa shape index (κ3) is 4.19. The Morgan fingerprint density at radius 3 is 2.90 bits per heavy atom. The number of aryl methyl sites for hydroxylation is 1. The Morgan fingerprint density at radius 1 is 1.48 bits per heavy atom. The van der Waals surface area contributed by atoms with Crippen molar-refractivity contribution >= 4 is 23.2 Å². The van der Waals surface area contributed by atoms with Crippen molar-refractivity contribution in [2.45, 2.75) is 32.2 Å². The minimum absolute atomic E-state index is 0.0138. The Kier molecular flexibility index (Phi) is 5.62. The largest absolute Gasteiger partial charge is 0.330 e. The lowest BCUT2D eigenvalue weighted by Gasteiger charge is -2.28. The number of anilines is 1. The summed E-state index contributed by atoms with van der Waals surface area (Å²) in [5, 5.41) is 3.57. The highest BCUT2D eigenvalue weighted by molar-refractivity contribution is 6.31. The van der Waals surface area contributed by atoms with Crippen molar-refractivity contribution in [3.05, 3.63) is 28.8 Å². The van der Waals surface area contributed by atoms with E-state index in [0.29, 0.717) is 30.1 Å². The molecule has 2 atom stereocenters. The molecule has 0 bridgehead atoms. The van der Waals surface area contributed by atoms with E-state index < -0.39 is 0 Å². The summed E-state index contributed by atoms with van der Waals surface area (Å²) in [4.78, 5) is 14.3. The summed E-state index contributed by atoms with van der Waals surface area (Å²) >= 11 is 6.07. The number of rotatable bonds is 5. The average Bonchev–Trinajstić information content (AvgIpc) is 2.91. The van der Waals surface area contributed by atoms with Crippen LogP contribution in [0.4, 0.5) is 5.69 Å². The van der Waals surface area contributed by atoms with Gasteiger partial charge in [-0.1, -0.05) is 24.1 Å². The van der Waals surface area contributed by atoms with Gasteiger partial charge in [-0.2, -0.15) is 0 Å². The zero-order chi connectivity index (χ0) is 15.4. The third-order valence-corrected chi connectivity index (χ3v) is 4.74. The van der Waals surface area contributed by atoms with Crippen molar-refractivity contribution in [3.63, 3.8) is 0 Å². The van der Waals surface area contributed by atoms with E-state index in [1.165, 1.54) is 12.8 Å². The molecule has 4 nitrogen and oxygen atoms in total. The second-order valence-corrected chi connectivity index (χ2v) is 6.33. The lowest BCUT2D eigenvalue weighted by Crippen LogP contribution is -2.41. The number of halogens is 1. The second kappa shape index (κ2) is 7.25. The monoisotopic (exact) mass is 309 g/mol. The van der Waals surface area contributed by atoms with E-state index in [2.05, 4.69) is 10.2 Å². The van der Waals surface area contributed by atoms with Crippen LogP contribution < -0.4 is 11.1 Å². The minimum Gasteiger partial charge on any atom is -0.330 e. The number of amides is 1. The zero-order valence-corrected chi connectivity index (χ0v) is 13.5. The van der Waals surface area contributed by atoms with Gasteiger partial charge in [-0.15, -0.1) is 0 Å². The van der Waals surface area contributed by atoms with Crippen molar-refractivity contribution in [1.29, 1.82) is 0 Å². The van der Waals surface area contributed by atoms with Crippen LogP contribution in [-0.2, 0) is 4.79 Å². The van der Waals surface area contributed by atoms with Crippen LogP contribution in [0.3, 0.4) is 0 Å². The molecule has 1 amide bonds. The smallest absolute Gasteiger partial charge is 0.238 e. The maximum Gasteiger partial charge on any atom is 0.238 e. The normalized spacial score (nSPS) is 21.8. The van der Waals surface area contributed by atoms with E-state index >= 15 is 0 Å². The van der Waals surface area contributed by atoms with Gasteiger partial charge >= 0.3 is 0 Å². The molecule has 0 aromatic heterocycles. The molecule has 1 aliphatic carbocycles. The summed E-state index contributed by atoms with van der Waals surface area (Å²) in [6, 6.07) is 5.98. The standard InChI is InChI=1S/C16H24ClN3O/c1-11-6-7-13(8-14(11)17)19-16(21)10-20(2)15-5-3-4-12(15)9-18/h6-8,12,15H,3-5,9-10,18H2,1-2H3,(H,19,21). The summed E-state index contributed by atoms with van der Waals surface area (Å²) in [7, 11) is 2.00. The molecule has 0 spiro atoms. The lowest BCUT2D eigenvalue weighted by molar-refractivity contribution is -0.117. The number of carbonyl (C=O) groups is 1. The minimum atomic E-state index is -0.0138. The van der Waals surface area contributed by atoms with Gasteiger partial charge in [0, 0.05) is 16.8 Å². The van der Waals surface area contributed by atoms with Crippen LogP contribution in [0.25, 0.3) is 0 Å². The van der Waals surface area contributed by atoms with Crippen LogP contribution >= 0.6 is 11.6 Å². The van der Waals surface area contributed by atoms with Crippen molar-refractivity contribution < 1.29 is 4.79 Å². The number of likely N-dealkylation sites (N-methyl/N-ethyl adjacent to an activating group) is 1. The molecule has 1 saturated carbocycles. The summed E-state index contributed by atoms with van der Waals surface area (Å²) in [6.45, 7) is 3.02. The van der Waals surface area contributed by atoms with E-state index in [1.807, 2.05) is 26.1 Å². The number of nitrogens with one attached hydrogen (secondary N) is 1. The first kappa shape index (κ1) is 16.3. The molecule has 0 heterocycles. The molecule has 1 aromatic rings. The highest BCUT2D eigenvalue weighted by atomic mass is 35.5. The highest BCUT2D eigenvalue weighted by Crippen LogP contribution is 2.28. The van der Waals surface area contributed by atoms with Gasteiger partial charge in [-0.3, -0.25) is 9.69 Å². The third-order valence-electron chi connectivity index (χ3n) is 4.34. The maximum atomic E-state index is 12.1. The Morgan fingerprint density at radius 2 is 2.24 bits per heavy atom. The average molecular weight is 310 g/mol. The van der Waals surface area contributed by atoms with Gasteiger partial charge < -0.3 is 11.1 Å². The Hall–Kier alpha value is -1.10. The highest BCUT2D eigenvalue weighted by Gasteiger charge is 2.29. The molecule has 1 aliphatic rings. The number of nitrogens with zero attached hydrogens (tertiary/aromatic N) is 1. The van der Waals surface area contributed by atoms with Gasteiger partial charge in [0.1, 0.15) is 0 Å². The molecular weight excluding hydrogens is 286 g/mol. The summed E-state index contributed by atoms with van der Waals surface area (Å²) in [6.07, 6.45) is 3.49. The molecule has 2 rings (SSSR count). The van der Waals surface area contributed by atoms with Gasteiger partial charge in [0.15, 0.2) is 0 Å². The second-order valence-electron chi connectivity index (χ2n) is 5.92. The molecule has 1 fully saturated rings. The molecule has 0 radical (unpaired) electrons. The van der Waals surface area contributed by atoms with E-state index in [9.17, 15) is 4.79 Å². The molecular formula is C16H24ClN3O. The predicted octanol–water partition coefficient (Wildman–Crippen LogP) is 2.65. The maximum absolute atomic E-state index is 12.1. The Bertz CT molecular complexity index is 506. The first-order valence-corrected chi connectivity index (χ1v) is 7.85. The fourth-order valence-corrected chi connectivity index (χ4v) is 3.27. The fourth-order valence-electron chi connectivity index (χ4n) is 3.09. The number of carbonyl (C=O) groups excluding carboxylic acids is 1. The molecule has 3 N–H and O–H groups in total. The first-order chi connectivity index (χ1) is 10.0. The van der Waals surface area contributed by atoms with Crippen LogP contribution in [0.1, 0.15) is 24.8 Å². The summed E-state index contributed by atoms with van der Waals surface area (Å²) in [5.41, 5.74) is 7.55. The fraction of sp³-hybridized carbons (Fsp3) is 0.562. The summed E-state index contributed by atoms with van der Waals surface area (Å²) < 4.78 is 0. The van der Waals surface area contributed by atoms with Crippen LogP contribution in [0, 0.1) is 12.8 Å². The lowest BCUT2D eigenvalue weighted by atomic mass is 10.0. The number of nitrogens with two attached hydrogens (primary N) is 1. The molecule has 5 heteroatoms. The molecule has 1 aromatic carbocycles. The quantitative estimate of drug-likeness (QED) is 0.879. The van der Waals surface area contributed by atoms with E-state index in [1.54, 1.807) is 6.07 Å². The summed E-state index contributed by atoms with van der Waals surface area (Å²) in [5.74, 6) is 0.497. The Labute approximate surface area is 131 Å². The van der Waals surface area contributed by atoms with E-state index in [-0.39, 0.29) is 5.91 Å². The van der Waals surface area contributed by atoms with E-state index in [4.69, 9.17) is 17.3 Å². The van der Waals surface area contributed by atoms with Crippen molar-refractivity contribution in [2.75, 3.05) is 25.5 Å². The number of hydrogen-bond donors (Lipinski definition) is 2. The van der Waals surface area contributed by atoms with Crippen molar-refractivity contribution in [3.8, 4) is 0 Å². The van der Waals surface area contributed by atoms with Gasteiger partial charge in [0.2, 0.25) is 5.91 Å². The SMILES string of the molecule is Cc1ccc(NC(=O)CN(C)C2CCCC2CN)cc1Cl. The van der Waals surface area contributed by atoms with Crippen molar-refractivity contribution in [1.82, 2.24) is 4.90 Å². The number of benzene rings is 1. The molecule has 0 aliphatic heterocycles.